The molecule has 10 heteroatoms. The highest BCUT2D eigenvalue weighted by molar-refractivity contribution is 6.30. The zero-order valence-electron chi connectivity index (χ0n) is 18.8. The van der Waals surface area contributed by atoms with E-state index in [1.807, 2.05) is 6.92 Å². The van der Waals surface area contributed by atoms with E-state index >= 15 is 0 Å². The summed E-state index contributed by atoms with van der Waals surface area (Å²) in [6.07, 6.45) is 0.571. The van der Waals surface area contributed by atoms with Crippen LogP contribution >= 0.6 is 11.6 Å². The number of carbonyl (C=O) groups excluding carboxylic acids is 3. The van der Waals surface area contributed by atoms with Gasteiger partial charge < -0.3 is 15.4 Å². The van der Waals surface area contributed by atoms with E-state index in [2.05, 4.69) is 10.6 Å². The summed E-state index contributed by atoms with van der Waals surface area (Å²) < 4.78 is 5.11. The summed E-state index contributed by atoms with van der Waals surface area (Å²) >= 11 is 5.84. The average Bonchev–Trinajstić information content (AvgIpc) is 2.77. The fourth-order valence-electron chi connectivity index (χ4n) is 2.96. The second-order valence-corrected chi connectivity index (χ2v) is 8.15. The number of rotatable bonds is 9. The number of anilines is 1. The summed E-state index contributed by atoms with van der Waals surface area (Å²) in [7, 11) is 0. The lowest BCUT2D eigenvalue weighted by atomic mass is 9.99. The smallest absolute Gasteiger partial charge is 0.329 e. The van der Waals surface area contributed by atoms with Crippen LogP contribution in [0.3, 0.4) is 0 Å². The van der Waals surface area contributed by atoms with Gasteiger partial charge in [-0.15, -0.1) is 0 Å². The number of aryl methyl sites for hydroxylation is 2. The summed E-state index contributed by atoms with van der Waals surface area (Å²) in [6, 6.07) is 8.04. The van der Waals surface area contributed by atoms with Gasteiger partial charge in [-0.3, -0.25) is 19.7 Å². The molecule has 2 amide bonds. The Morgan fingerprint density at radius 1 is 1.12 bits per heavy atom. The average molecular weight is 476 g/mol. The maximum Gasteiger partial charge on any atom is 0.329 e. The zero-order chi connectivity index (χ0) is 24.7. The normalized spacial score (nSPS) is 12.4. The molecule has 176 valence electrons. The van der Waals surface area contributed by atoms with Crippen molar-refractivity contribution < 1.29 is 24.0 Å². The molecule has 0 aromatic heterocycles. The minimum Gasteiger partial charge on any atom is -0.454 e. The van der Waals surface area contributed by atoms with Crippen LogP contribution in [0.2, 0.25) is 5.02 Å². The number of benzene rings is 2. The number of nitrogens with zero attached hydrogens (tertiary/aromatic N) is 1. The van der Waals surface area contributed by atoms with Crippen LogP contribution < -0.4 is 10.6 Å². The summed E-state index contributed by atoms with van der Waals surface area (Å²) in [6.45, 7) is 6.45. The lowest BCUT2D eigenvalue weighted by molar-refractivity contribution is -0.384. The lowest BCUT2D eigenvalue weighted by Crippen LogP contribution is -2.46. The molecule has 2 aromatic carbocycles. The predicted molar refractivity (Wildman–Crippen MR) is 124 cm³/mol. The van der Waals surface area contributed by atoms with Crippen molar-refractivity contribution in [3.05, 3.63) is 68.2 Å². The molecule has 0 heterocycles. The molecule has 33 heavy (non-hydrogen) atoms. The van der Waals surface area contributed by atoms with E-state index in [-0.39, 0.29) is 17.3 Å². The maximum atomic E-state index is 12.6. The molecule has 0 aliphatic carbocycles. The highest BCUT2D eigenvalue weighted by Gasteiger charge is 2.28. The molecule has 0 fully saturated rings. The molecule has 0 bridgehead atoms. The van der Waals surface area contributed by atoms with Gasteiger partial charge in [-0.2, -0.15) is 0 Å². The summed E-state index contributed by atoms with van der Waals surface area (Å²) in [5.74, 6) is -2.26. The van der Waals surface area contributed by atoms with Crippen LogP contribution in [0.5, 0.6) is 0 Å². The maximum absolute atomic E-state index is 12.6. The molecular weight excluding hydrogens is 450 g/mol. The molecular formula is C23H26ClN3O6. The molecule has 0 aliphatic rings. The number of hydrogen-bond acceptors (Lipinski definition) is 6. The van der Waals surface area contributed by atoms with Crippen LogP contribution in [-0.4, -0.2) is 35.4 Å². The number of carbonyl (C=O) groups is 3. The zero-order valence-corrected chi connectivity index (χ0v) is 19.6. The first-order valence-electron chi connectivity index (χ1n) is 10.3. The number of hydrogen-bond donors (Lipinski definition) is 2. The molecule has 0 aliphatic heterocycles. The van der Waals surface area contributed by atoms with Gasteiger partial charge in [0.15, 0.2) is 6.61 Å². The van der Waals surface area contributed by atoms with Crippen LogP contribution in [0.15, 0.2) is 36.4 Å². The van der Waals surface area contributed by atoms with Gasteiger partial charge >= 0.3 is 5.97 Å². The van der Waals surface area contributed by atoms with Crippen molar-refractivity contribution in [1.82, 2.24) is 5.32 Å². The van der Waals surface area contributed by atoms with E-state index in [1.165, 1.54) is 24.3 Å². The largest absolute Gasteiger partial charge is 0.454 e. The number of nitro groups is 1. The first-order valence-corrected chi connectivity index (χ1v) is 10.7. The van der Waals surface area contributed by atoms with Gasteiger partial charge in [0.2, 0.25) is 0 Å². The van der Waals surface area contributed by atoms with Crippen molar-refractivity contribution in [2.24, 2.45) is 5.92 Å². The monoisotopic (exact) mass is 475 g/mol. The lowest BCUT2D eigenvalue weighted by Gasteiger charge is -2.22. The van der Waals surface area contributed by atoms with Crippen molar-refractivity contribution in [3.8, 4) is 0 Å². The van der Waals surface area contributed by atoms with Crippen molar-refractivity contribution in [2.75, 3.05) is 11.9 Å². The summed E-state index contributed by atoms with van der Waals surface area (Å²) in [4.78, 5) is 48.2. The van der Waals surface area contributed by atoms with E-state index in [0.29, 0.717) is 22.6 Å². The van der Waals surface area contributed by atoms with Gasteiger partial charge in [-0.25, -0.2) is 4.79 Å². The number of nitrogens with one attached hydrogen (secondary N) is 2. The minimum absolute atomic E-state index is 0.0127. The fourth-order valence-corrected chi connectivity index (χ4v) is 3.09. The Balaban J connectivity index is 2.06. The Bertz CT molecular complexity index is 1050. The Kier molecular flexibility index (Phi) is 8.93. The SMILES string of the molecule is CCC(C)C(NC(=O)c1ccc(Cl)cc1)C(=O)OCC(=O)Nc1cc(C)c(C)cc1[N+](=O)[O-]. The summed E-state index contributed by atoms with van der Waals surface area (Å²) in [5.41, 5.74) is 1.54. The van der Waals surface area contributed by atoms with Gasteiger partial charge in [-0.1, -0.05) is 31.9 Å². The third kappa shape index (κ3) is 7.01. The van der Waals surface area contributed by atoms with Crippen molar-refractivity contribution in [3.63, 3.8) is 0 Å². The Labute approximate surface area is 196 Å². The summed E-state index contributed by atoms with van der Waals surface area (Å²) in [5, 5.41) is 16.8. The predicted octanol–water partition coefficient (Wildman–Crippen LogP) is 4.19. The van der Waals surface area contributed by atoms with Gasteiger partial charge in [0.05, 0.1) is 4.92 Å². The number of amides is 2. The molecule has 9 nitrogen and oxygen atoms in total. The van der Waals surface area contributed by atoms with E-state index in [9.17, 15) is 24.5 Å². The second kappa shape index (κ2) is 11.4. The highest BCUT2D eigenvalue weighted by Crippen LogP contribution is 2.27. The topological polar surface area (TPSA) is 128 Å². The number of halogens is 1. The van der Waals surface area contributed by atoms with Gasteiger partial charge in [0.25, 0.3) is 17.5 Å². The third-order valence-corrected chi connectivity index (χ3v) is 5.54. The van der Waals surface area contributed by atoms with E-state index in [0.717, 1.165) is 5.56 Å². The second-order valence-electron chi connectivity index (χ2n) is 7.71. The number of esters is 1. The molecule has 0 saturated carbocycles. The van der Waals surface area contributed by atoms with E-state index in [4.69, 9.17) is 16.3 Å². The quantitative estimate of drug-likeness (QED) is 0.318. The molecule has 0 saturated heterocycles. The van der Waals surface area contributed by atoms with Gasteiger partial charge in [0.1, 0.15) is 11.7 Å². The van der Waals surface area contributed by atoms with Gasteiger partial charge in [-0.05, 0) is 61.2 Å². The van der Waals surface area contributed by atoms with Crippen molar-refractivity contribution >= 4 is 40.8 Å². The molecule has 2 atom stereocenters. The number of ether oxygens (including phenoxy) is 1. The Morgan fingerprint density at radius 2 is 1.73 bits per heavy atom. The van der Waals surface area contributed by atoms with Crippen LogP contribution in [-0.2, 0) is 14.3 Å². The van der Waals surface area contributed by atoms with Crippen LogP contribution in [0.25, 0.3) is 0 Å². The van der Waals surface area contributed by atoms with Gasteiger partial charge in [0, 0.05) is 16.7 Å². The van der Waals surface area contributed by atoms with Crippen LogP contribution in [0.4, 0.5) is 11.4 Å². The van der Waals surface area contributed by atoms with E-state index < -0.39 is 35.4 Å². The van der Waals surface area contributed by atoms with Crippen molar-refractivity contribution in [2.45, 2.75) is 40.2 Å². The molecule has 2 unspecified atom stereocenters. The van der Waals surface area contributed by atoms with Crippen LogP contribution in [0.1, 0.15) is 41.8 Å². The Hall–Kier alpha value is -3.46. The molecule has 2 N–H and O–H groups in total. The Morgan fingerprint density at radius 3 is 2.30 bits per heavy atom. The molecule has 2 aromatic rings. The van der Waals surface area contributed by atoms with Crippen LogP contribution in [0, 0.1) is 29.9 Å². The van der Waals surface area contributed by atoms with Crippen molar-refractivity contribution in [1.29, 1.82) is 0 Å². The first kappa shape index (κ1) is 25.8. The molecule has 0 spiro atoms. The highest BCUT2D eigenvalue weighted by atomic mass is 35.5. The number of nitro benzene ring substituents is 1. The fraction of sp³-hybridized carbons (Fsp3) is 0.348. The standard InChI is InChI=1S/C23H26ClN3O6/c1-5-13(2)21(26-22(29)16-6-8-17(24)9-7-16)23(30)33-12-20(28)25-18-10-14(3)15(4)11-19(18)27(31)32/h6-11,13,21H,5,12H2,1-4H3,(H,25,28)(H,26,29). The first-order chi connectivity index (χ1) is 15.5. The minimum atomic E-state index is -0.984. The molecule has 2 rings (SSSR count). The molecule has 0 radical (unpaired) electrons. The van der Waals surface area contributed by atoms with E-state index in [1.54, 1.807) is 32.9 Å². The third-order valence-electron chi connectivity index (χ3n) is 5.29.